The number of carbonyl (C=O) groups excluding carboxylic acids is 1. The van der Waals surface area contributed by atoms with E-state index in [-0.39, 0.29) is 12.1 Å². The van der Waals surface area contributed by atoms with Crippen LogP contribution in [0.2, 0.25) is 0 Å². The molecule has 1 aromatic rings. The molecular weight excluding hydrogens is 204 g/mol. The van der Waals surface area contributed by atoms with Gasteiger partial charge in [-0.3, -0.25) is 0 Å². The minimum absolute atomic E-state index is 0.0908. The lowest BCUT2D eigenvalue weighted by Crippen LogP contribution is -2.31. The van der Waals surface area contributed by atoms with E-state index >= 15 is 0 Å². The lowest BCUT2D eigenvalue weighted by molar-refractivity contribution is 0.195. The van der Waals surface area contributed by atoms with Crippen LogP contribution in [0.4, 0.5) is 4.79 Å². The SMILES string of the molecule is CN1C(=O)N(CCCN)CC1c1ccc[nH]1. The van der Waals surface area contributed by atoms with Gasteiger partial charge in [0, 0.05) is 32.0 Å². The van der Waals surface area contributed by atoms with Gasteiger partial charge in [0.15, 0.2) is 0 Å². The number of aromatic nitrogens is 1. The molecule has 0 saturated carbocycles. The normalized spacial score (nSPS) is 20.9. The number of nitrogens with one attached hydrogen (secondary N) is 1. The van der Waals surface area contributed by atoms with E-state index in [1.807, 2.05) is 30.3 Å². The molecule has 1 fully saturated rings. The van der Waals surface area contributed by atoms with E-state index in [1.54, 1.807) is 4.90 Å². The molecule has 0 aliphatic carbocycles. The van der Waals surface area contributed by atoms with Crippen molar-refractivity contribution >= 4 is 6.03 Å². The fourth-order valence-corrected chi connectivity index (χ4v) is 2.09. The van der Waals surface area contributed by atoms with E-state index in [2.05, 4.69) is 4.98 Å². The van der Waals surface area contributed by atoms with Gasteiger partial charge in [-0.1, -0.05) is 0 Å². The predicted molar refractivity (Wildman–Crippen MR) is 61.9 cm³/mol. The van der Waals surface area contributed by atoms with Gasteiger partial charge < -0.3 is 20.5 Å². The van der Waals surface area contributed by atoms with Crippen molar-refractivity contribution in [2.75, 3.05) is 26.7 Å². The number of nitrogens with two attached hydrogens (primary N) is 1. The highest BCUT2D eigenvalue weighted by Gasteiger charge is 2.35. The fraction of sp³-hybridized carbons (Fsp3) is 0.545. The summed E-state index contributed by atoms with van der Waals surface area (Å²) in [4.78, 5) is 18.7. The second-order valence-corrected chi connectivity index (χ2v) is 4.12. The molecule has 5 heteroatoms. The number of hydrogen-bond acceptors (Lipinski definition) is 2. The molecule has 2 heterocycles. The van der Waals surface area contributed by atoms with Crippen LogP contribution in [0.1, 0.15) is 18.2 Å². The first-order valence-corrected chi connectivity index (χ1v) is 5.59. The lowest BCUT2D eigenvalue weighted by atomic mass is 10.2. The third kappa shape index (κ3) is 1.90. The van der Waals surface area contributed by atoms with Crippen LogP contribution in [-0.4, -0.2) is 47.5 Å². The van der Waals surface area contributed by atoms with Crippen molar-refractivity contribution < 1.29 is 4.79 Å². The Balaban J connectivity index is 2.05. The van der Waals surface area contributed by atoms with Crippen LogP contribution in [0.5, 0.6) is 0 Å². The Morgan fingerprint density at radius 1 is 1.62 bits per heavy atom. The predicted octanol–water partition coefficient (Wildman–Crippen LogP) is 0.772. The minimum atomic E-state index is 0.0908. The summed E-state index contributed by atoms with van der Waals surface area (Å²) < 4.78 is 0. The molecule has 1 aliphatic rings. The van der Waals surface area contributed by atoms with Gasteiger partial charge >= 0.3 is 6.03 Å². The Bertz CT molecular complexity index is 349. The summed E-state index contributed by atoms with van der Waals surface area (Å²) in [5, 5.41) is 0. The average molecular weight is 222 g/mol. The molecule has 0 radical (unpaired) electrons. The number of amides is 2. The summed E-state index contributed by atoms with van der Waals surface area (Å²) in [6.07, 6.45) is 2.74. The van der Waals surface area contributed by atoms with Crippen molar-refractivity contribution in [2.24, 2.45) is 5.73 Å². The van der Waals surface area contributed by atoms with Crippen LogP contribution < -0.4 is 5.73 Å². The second-order valence-electron chi connectivity index (χ2n) is 4.12. The van der Waals surface area contributed by atoms with Crippen LogP contribution in [0.3, 0.4) is 0 Å². The number of likely N-dealkylation sites (N-methyl/N-ethyl adjacent to an activating group) is 1. The Kier molecular flexibility index (Phi) is 3.14. The summed E-state index contributed by atoms with van der Waals surface area (Å²) in [7, 11) is 1.84. The summed E-state index contributed by atoms with van der Waals surface area (Å²) in [6.45, 7) is 2.12. The summed E-state index contributed by atoms with van der Waals surface area (Å²) in [5.74, 6) is 0. The van der Waals surface area contributed by atoms with Crippen LogP contribution in [0.15, 0.2) is 18.3 Å². The molecule has 1 aromatic heterocycles. The third-order valence-electron chi connectivity index (χ3n) is 3.05. The van der Waals surface area contributed by atoms with E-state index < -0.39 is 0 Å². The Morgan fingerprint density at radius 2 is 2.44 bits per heavy atom. The third-order valence-corrected chi connectivity index (χ3v) is 3.05. The van der Waals surface area contributed by atoms with Crippen molar-refractivity contribution in [3.63, 3.8) is 0 Å². The number of H-pyrrole nitrogens is 1. The van der Waals surface area contributed by atoms with E-state index in [9.17, 15) is 4.79 Å². The van der Waals surface area contributed by atoms with E-state index in [4.69, 9.17) is 5.73 Å². The first-order chi connectivity index (χ1) is 7.74. The Hall–Kier alpha value is -1.49. The molecule has 3 N–H and O–H groups in total. The van der Waals surface area contributed by atoms with E-state index in [0.717, 1.165) is 25.2 Å². The Morgan fingerprint density at radius 3 is 3.06 bits per heavy atom. The van der Waals surface area contributed by atoms with Crippen LogP contribution >= 0.6 is 0 Å². The first kappa shape index (κ1) is 11.0. The molecular formula is C11H18N4O. The summed E-state index contributed by atoms with van der Waals surface area (Å²) in [5.41, 5.74) is 6.55. The first-order valence-electron chi connectivity index (χ1n) is 5.59. The number of nitrogens with zero attached hydrogens (tertiary/aromatic N) is 2. The van der Waals surface area contributed by atoms with Crippen molar-refractivity contribution in [1.29, 1.82) is 0 Å². The highest BCUT2D eigenvalue weighted by atomic mass is 16.2. The van der Waals surface area contributed by atoms with Crippen LogP contribution in [0, 0.1) is 0 Å². The molecule has 1 atom stereocenters. The van der Waals surface area contributed by atoms with Crippen molar-refractivity contribution in [1.82, 2.24) is 14.8 Å². The molecule has 2 amide bonds. The molecule has 1 saturated heterocycles. The minimum Gasteiger partial charge on any atom is -0.363 e. The summed E-state index contributed by atoms with van der Waals surface area (Å²) >= 11 is 0. The van der Waals surface area contributed by atoms with Gasteiger partial charge in [-0.15, -0.1) is 0 Å². The maximum atomic E-state index is 11.9. The smallest absolute Gasteiger partial charge is 0.320 e. The topological polar surface area (TPSA) is 65.4 Å². The maximum absolute atomic E-state index is 11.9. The number of urea groups is 1. The van der Waals surface area contributed by atoms with Crippen molar-refractivity contribution in [2.45, 2.75) is 12.5 Å². The monoisotopic (exact) mass is 222 g/mol. The van der Waals surface area contributed by atoms with Gasteiger partial charge in [-0.2, -0.15) is 0 Å². The van der Waals surface area contributed by atoms with Gasteiger partial charge in [-0.25, -0.2) is 4.79 Å². The van der Waals surface area contributed by atoms with Gasteiger partial charge in [0.05, 0.1) is 6.04 Å². The zero-order valence-corrected chi connectivity index (χ0v) is 9.52. The molecule has 0 aromatic carbocycles. The number of carbonyl (C=O) groups is 1. The maximum Gasteiger partial charge on any atom is 0.320 e. The molecule has 5 nitrogen and oxygen atoms in total. The number of aromatic amines is 1. The van der Waals surface area contributed by atoms with Crippen LogP contribution in [-0.2, 0) is 0 Å². The van der Waals surface area contributed by atoms with E-state index in [0.29, 0.717) is 6.54 Å². The molecule has 0 bridgehead atoms. The molecule has 1 unspecified atom stereocenters. The molecule has 88 valence electrons. The quantitative estimate of drug-likeness (QED) is 0.790. The highest BCUT2D eigenvalue weighted by molar-refractivity contribution is 5.77. The zero-order chi connectivity index (χ0) is 11.5. The summed E-state index contributed by atoms with van der Waals surface area (Å²) in [6, 6.07) is 4.20. The molecule has 0 spiro atoms. The van der Waals surface area contributed by atoms with Crippen molar-refractivity contribution in [3.05, 3.63) is 24.0 Å². The molecule has 2 rings (SSSR count). The van der Waals surface area contributed by atoms with Crippen LogP contribution in [0.25, 0.3) is 0 Å². The zero-order valence-electron chi connectivity index (χ0n) is 9.52. The fourth-order valence-electron chi connectivity index (χ4n) is 2.09. The Labute approximate surface area is 95.2 Å². The standard InChI is InChI=1S/C11H18N4O/c1-14-10(9-4-2-6-13-9)8-15(11(14)16)7-3-5-12/h2,4,6,10,13H,3,5,7-8,12H2,1H3. The molecule has 16 heavy (non-hydrogen) atoms. The lowest BCUT2D eigenvalue weighted by Gasteiger charge is -2.16. The largest absolute Gasteiger partial charge is 0.363 e. The number of hydrogen-bond donors (Lipinski definition) is 2. The van der Waals surface area contributed by atoms with Gasteiger partial charge in [0.2, 0.25) is 0 Å². The van der Waals surface area contributed by atoms with Gasteiger partial charge in [0.25, 0.3) is 0 Å². The average Bonchev–Trinajstić information content (AvgIpc) is 2.88. The van der Waals surface area contributed by atoms with Gasteiger partial charge in [-0.05, 0) is 25.1 Å². The van der Waals surface area contributed by atoms with Gasteiger partial charge in [0.1, 0.15) is 0 Å². The van der Waals surface area contributed by atoms with E-state index in [1.165, 1.54) is 0 Å². The number of rotatable bonds is 4. The van der Waals surface area contributed by atoms with Crippen molar-refractivity contribution in [3.8, 4) is 0 Å². The second kappa shape index (κ2) is 4.57. The highest BCUT2D eigenvalue weighted by Crippen LogP contribution is 2.26. The molecule has 1 aliphatic heterocycles.